The van der Waals surface area contributed by atoms with Gasteiger partial charge in [0.15, 0.2) is 0 Å². The zero-order valence-corrected chi connectivity index (χ0v) is 16.9. The van der Waals surface area contributed by atoms with E-state index in [-0.39, 0.29) is 0 Å². The number of ether oxygens (including phenoxy) is 1. The number of carbonyl (C=O) groups is 2. The number of hydrogen-bond acceptors (Lipinski definition) is 5. The first-order valence-electron chi connectivity index (χ1n) is 8.32. The fraction of sp³-hybridized carbons (Fsp3) is 0.158. The monoisotopic (exact) mass is 460 g/mol. The molecule has 0 saturated carbocycles. The van der Waals surface area contributed by atoms with Crippen molar-refractivity contribution >= 4 is 50.2 Å². The SMILES string of the molecule is COc1nc2ccc(Br)cc2cc1C1C(Cl)C(=O)N1NC(=O)c1ccncc1. The fourth-order valence-corrected chi connectivity index (χ4v) is 3.81. The Morgan fingerprint density at radius 3 is 2.71 bits per heavy atom. The lowest BCUT2D eigenvalue weighted by Gasteiger charge is -2.44. The minimum absolute atomic E-state index is 0.348. The highest BCUT2D eigenvalue weighted by Gasteiger charge is 2.50. The molecule has 2 aromatic heterocycles. The minimum atomic E-state index is -0.835. The Hall–Kier alpha value is -2.71. The number of aromatic nitrogens is 2. The van der Waals surface area contributed by atoms with Crippen LogP contribution in [-0.2, 0) is 4.79 Å². The van der Waals surface area contributed by atoms with Crippen LogP contribution in [0.2, 0.25) is 0 Å². The van der Waals surface area contributed by atoms with Gasteiger partial charge in [0, 0.05) is 33.4 Å². The number of methoxy groups -OCH3 is 1. The number of amides is 2. The smallest absolute Gasteiger partial charge is 0.270 e. The summed E-state index contributed by atoms with van der Waals surface area (Å²) in [5, 5.41) is 1.23. The van der Waals surface area contributed by atoms with Crippen LogP contribution in [0.4, 0.5) is 0 Å². The van der Waals surface area contributed by atoms with Crippen molar-refractivity contribution in [1.29, 1.82) is 0 Å². The summed E-state index contributed by atoms with van der Waals surface area (Å²) >= 11 is 9.73. The third kappa shape index (κ3) is 3.18. The number of alkyl halides is 1. The van der Waals surface area contributed by atoms with Gasteiger partial charge in [0.2, 0.25) is 5.88 Å². The predicted molar refractivity (Wildman–Crippen MR) is 107 cm³/mol. The molecule has 3 heterocycles. The average Bonchev–Trinajstić information content (AvgIpc) is 2.72. The molecule has 0 aliphatic carbocycles. The minimum Gasteiger partial charge on any atom is -0.481 e. The van der Waals surface area contributed by atoms with Gasteiger partial charge in [0.1, 0.15) is 11.4 Å². The molecule has 2 atom stereocenters. The zero-order valence-electron chi connectivity index (χ0n) is 14.6. The quantitative estimate of drug-likeness (QED) is 0.476. The summed E-state index contributed by atoms with van der Waals surface area (Å²) in [7, 11) is 1.50. The maximum Gasteiger partial charge on any atom is 0.270 e. The number of nitrogens with one attached hydrogen (secondary N) is 1. The van der Waals surface area contributed by atoms with Crippen LogP contribution in [0.1, 0.15) is 22.0 Å². The molecule has 142 valence electrons. The molecule has 1 N–H and O–H groups in total. The molecule has 0 radical (unpaired) electrons. The van der Waals surface area contributed by atoms with E-state index in [9.17, 15) is 9.59 Å². The third-order valence-electron chi connectivity index (χ3n) is 4.47. The average molecular weight is 462 g/mol. The summed E-state index contributed by atoms with van der Waals surface area (Å²) < 4.78 is 6.32. The van der Waals surface area contributed by atoms with Crippen molar-refractivity contribution in [3.63, 3.8) is 0 Å². The second-order valence-electron chi connectivity index (χ2n) is 6.16. The van der Waals surface area contributed by atoms with Crippen LogP contribution in [0.5, 0.6) is 5.88 Å². The molecule has 0 spiro atoms. The number of pyridine rings is 2. The molecule has 1 aromatic carbocycles. The molecule has 1 aliphatic heterocycles. The van der Waals surface area contributed by atoms with Gasteiger partial charge in [0.05, 0.1) is 12.6 Å². The Morgan fingerprint density at radius 2 is 2.00 bits per heavy atom. The van der Waals surface area contributed by atoms with Crippen molar-refractivity contribution in [2.75, 3.05) is 7.11 Å². The molecule has 2 unspecified atom stereocenters. The Balaban J connectivity index is 1.70. The van der Waals surface area contributed by atoms with E-state index in [4.69, 9.17) is 16.3 Å². The van der Waals surface area contributed by atoms with Gasteiger partial charge in [-0.3, -0.25) is 20.0 Å². The molecule has 3 aromatic rings. The van der Waals surface area contributed by atoms with E-state index in [0.29, 0.717) is 17.0 Å². The van der Waals surface area contributed by atoms with E-state index >= 15 is 0 Å². The molecular weight excluding hydrogens is 448 g/mol. The predicted octanol–water partition coefficient (Wildman–Crippen LogP) is 3.24. The summed E-state index contributed by atoms with van der Waals surface area (Å²) in [6, 6.07) is 10.0. The number of rotatable bonds is 4. The standard InChI is InChI=1S/C19H14BrClN4O3/c1-28-18-13(9-11-8-12(20)2-3-14(11)23-18)16-15(21)19(27)25(16)24-17(26)10-4-6-22-7-5-10/h2-9,15-16H,1H3,(H,24,26). The molecule has 7 nitrogen and oxygen atoms in total. The molecule has 0 bridgehead atoms. The molecule has 2 amide bonds. The summed E-state index contributed by atoms with van der Waals surface area (Å²) in [6.07, 6.45) is 3.01. The zero-order chi connectivity index (χ0) is 19.8. The maximum absolute atomic E-state index is 12.5. The van der Waals surface area contributed by atoms with Crippen LogP contribution in [0.3, 0.4) is 0 Å². The highest BCUT2D eigenvalue weighted by molar-refractivity contribution is 9.10. The normalized spacial score (nSPS) is 18.7. The van der Waals surface area contributed by atoms with Crippen molar-refractivity contribution in [2.24, 2.45) is 0 Å². The van der Waals surface area contributed by atoms with Gasteiger partial charge < -0.3 is 4.74 Å². The highest BCUT2D eigenvalue weighted by Crippen LogP contribution is 2.41. The highest BCUT2D eigenvalue weighted by atomic mass is 79.9. The summed E-state index contributed by atoms with van der Waals surface area (Å²) in [6.45, 7) is 0. The van der Waals surface area contributed by atoms with Crippen LogP contribution < -0.4 is 10.2 Å². The van der Waals surface area contributed by atoms with E-state index in [2.05, 4.69) is 31.3 Å². The first kappa shape index (κ1) is 18.6. The Morgan fingerprint density at radius 1 is 1.25 bits per heavy atom. The van der Waals surface area contributed by atoms with E-state index in [1.54, 1.807) is 12.1 Å². The van der Waals surface area contributed by atoms with Crippen molar-refractivity contribution < 1.29 is 14.3 Å². The molecule has 1 saturated heterocycles. The molecule has 1 aliphatic rings. The Kier molecular flexibility index (Phi) is 4.91. The van der Waals surface area contributed by atoms with Gasteiger partial charge in [-0.25, -0.2) is 9.99 Å². The second kappa shape index (κ2) is 7.37. The van der Waals surface area contributed by atoms with E-state index < -0.39 is 23.2 Å². The van der Waals surface area contributed by atoms with Gasteiger partial charge in [-0.2, -0.15) is 0 Å². The van der Waals surface area contributed by atoms with Crippen LogP contribution in [-0.4, -0.2) is 39.3 Å². The van der Waals surface area contributed by atoms with E-state index in [1.807, 2.05) is 24.3 Å². The number of hydrogen-bond donors (Lipinski definition) is 1. The van der Waals surface area contributed by atoms with Crippen molar-refractivity contribution in [3.8, 4) is 5.88 Å². The van der Waals surface area contributed by atoms with E-state index in [0.717, 1.165) is 15.4 Å². The molecule has 28 heavy (non-hydrogen) atoms. The summed E-state index contributed by atoms with van der Waals surface area (Å²) in [4.78, 5) is 33.2. The fourth-order valence-electron chi connectivity index (χ4n) is 3.07. The van der Waals surface area contributed by atoms with E-state index in [1.165, 1.54) is 24.5 Å². The van der Waals surface area contributed by atoms with Crippen LogP contribution >= 0.6 is 27.5 Å². The van der Waals surface area contributed by atoms with Crippen LogP contribution in [0, 0.1) is 0 Å². The lowest BCUT2D eigenvalue weighted by molar-refractivity contribution is -0.149. The number of halogens is 2. The summed E-state index contributed by atoms with van der Waals surface area (Å²) in [5.74, 6) is -0.480. The number of nitrogens with zero attached hydrogens (tertiary/aromatic N) is 3. The third-order valence-corrected chi connectivity index (χ3v) is 5.39. The number of carbonyl (C=O) groups excluding carboxylic acids is 2. The molecule has 4 rings (SSSR count). The van der Waals surface area contributed by atoms with Crippen molar-refractivity contribution in [2.45, 2.75) is 11.4 Å². The molecule has 1 fully saturated rings. The largest absolute Gasteiger partial charge is 0.481 e. The van der Waals surface area contributed by atoms with Gasteiger partial charge in [-0.05, 0) is 36.4 Å². The van der Waals surface area contributed by atoms with Gasteiger partial charge >= 0.3 is 0 Å². The van der Waals surface area contributed by atoms with Crippen molar-refractivity contribution in [1.82, 2.24) is 20.4 Å². The summed E-state index contributed by atoms with van der Waals surface area (Å²) in [5.41, 5.74) is 4.35. The molecule has 9 heteroatoms. The number of benzene rings is 1. The van der Waals surface area contributed by atoms with Gasteiger partial charge in [0.25, 0.3) is 11.8 Å². The first-order chi connectivity index (χ1) is 13.5. The Labute approximate surface area is 173 Å². The molecular formula is C19H14BrClN4O3. The first-order valence-corrected chi connectivity index (χ1v) is 9.55. The number of hydrazine groups is 1. The number of fused-ring (bicyclic) bond motifs is 1. The number of β-lactam (4-membered cyclic amide) rings is 1. The van der Waals surface area contributed by atoms with Crippen LogP contribution in [0.15, 0.2) is 53.3 Å². The van der Waals surface area contributed by atoms with Crippen LogP contribution in [0.25, 0.3) is 10.9 Å². The lowest BCUT2D eigenvalue weighted by Crippen LogP contribution is -2.63. The second-order valence-corrected chi connectivity index (χ2v) is 7.54. The topological polar surface area (TPSA) is 84.4 Å². The van der Waals surface area contributed by atoms with Crippen molar-refractivity contribution in [3.05, 3.63) is 64.4 Å². The van der Waals surface area contributed by atoms with Gasteiger partial charge in [-0.1, -0.05) is 15.9 Å². The maximum atomic E-state index is 12.5. The van der Waals surface area contributed by atoms with Gasteiger partial charge in [-0.15, -0.1) is 11.6 Å². The lowest BCUT2D eigenvalue weighted by atomic mass is 9.95. The Bertz CT molecular complexity index is 1080.